The number of hydrogen-bond donors (Lipinski definition) is 1. The van der Waals surface area contributed by atoms with Crippen LogP contribution in [0.1, 0.15) is 23.5 Å². The number of hydrogen-bond acceptors (Lipinski definition) is 2. The standard InChI is InChI=1S/C20H18BrN3O/c21-16-8-4-7-15(11-16)17-12-18(17)20(25)23-19-9-10-22-24(19)13-14-5-2-1-3-6-14/h1-11,17-18H,12-13H2,(H,23,25). The monoisotopic (exact) mass is 395 g/mol. The van der Waals surface area contributed by atoms with Crippen molar-refractivity contribution in [2.24, 2.45) is 5.92 Å². The number of carbonyl (C=O) groups is 1. The van der Waals surface area contributed by atoms with E-state index in [2.05, 4.69) is 50.6 Å². The van der Waals surface area contributed by atoms with E-state index in [1.165, 1.54) is 5.56 Å². The Bertz CT molecular complexity index is 891. The molecule has 0 saturated heterocycles. The number of nitrogens with one attached hydrogen (secondary N) is 1. The second-order valence-corrected chi connectivity index (χ2v) is 7.27. The van der Waals surface area contributed by atoms with E-state index < -0.39 is 0 Å². The van der Waals surface area contributed by atoms with Crippen LogP contribution in [0, 0.1) is 5.92 Å². The van der Waals surface area contributed by atoms with Crippen LogP contribution in [0.3, 0.4) is 0 Å². The quantitative estimate of drug-likeness (QED) is 0.693. The first-order valence-electron chi connectivity index (χ1n) is 8.33. The third kappa shape index (κ3) is 3.66. The van der Waals surface area contributed by atoms with Crippen LogP contribution < -0.4 is 5.32 Å². The van der Waals surface area contributed by atoms with Crippen molar-refractivity contribution in [3.8, 4) is 0 Å². The maximum absolute atomic E-state index is 12.6. The summed E-state index contributed by atoms with van der Waals surface area (Å²) in [6.07, 6.45) is 2.62. The van der Waals surface area contributed by atoms with Crippen molar-refractivity contribution in [3.63, 3.8) is 0 Å². The van der Waals surface area contributed by atoms with Gasteiger partial charge in [0.15, 0.2) is 0 Å². The fourth-order valence-electron chi connectivity index (χ4n) is 3.13. The summed E-state index contributed by atoms with van der Waals surface area (Å²) < 4.78 is 2.88. The van der Waals surface area contributed by atoms with Crippen LogP contribution >= 0.6 is 15.9 Å². The SMILES string of the molecule is O=C(Nc1ccnn1Cc1ccccc1)C1CC1c1cccc(Br)c1. The minimum absolute atomic E-state index is 0.0365. The lowest BCUT2D eigenvalue weighted by atomic mass is 10.1. The molecule has 0 bridgehead atoms. The molecule has 1 N–H and O–H groups in total. The Balaban J connectivity index is 1.42. The molecule has 2 unspecified atom stereocenters. The van der Waals surface area contributed by atoms with Gasteiger partial charge in [0.2, 0.25) is 5.91 Å². The zero-order valence-corrected chi connectivity index (χ0v) is 15.2. The molecule has 0 radical (unpaired) electrons. The lowest BCUT2D eigenvalue weighted by Crippen LogP contribution is -2.18. The molecule has 1 amide bonds. The van der Waals surface area contributed by atoms with Crippen molar-refractivity contribution in [2.75, 3.05) is 5.32 Å². The summed E-state index contributed by atoms with van der Waals surface area (Å²) >= 11 is 3.49. The van der Waals surface area contributed by atoms with E-state index in [0.717, 1.165) is 22.3 Å². The van der Waals surface area contributed by atoms with Crippen LogP contribution in [-0.4, -0.2) is 15.7 Å². The summed E-state index contributed by atoms with van der Waals surface area (Å²) in [6.45, 7) is 0.642. The Labute approximate surface area is 155 Å². The molecule has 5 heteroatoms. The zero-order chi connectivity index (χ0) is 17.2. The minimum Gasteiger partial charge on any atom is -0.311 e. The second-order valence-electron chi connectivity index (χ2n) is 6.35. The van der Waals surface area contributed by atoms with E-state index in [9.17, 15) is 4.79 Å². The molecule has 3 aromatic rings. The van der Waals surface area contributed by atoms with Gasteiger partial charge in [-0.2, -0.15) is 5.10 Å². The zero-order valence-electron chi connectivity index (χ0n) is 13.6. The Kier molecular flexibility index (Phi) is 4.40. The highest BCUT2D eigenvalue weighted by atomic mass is 79.9. The average Bonchev–Trinajstić information content (AvgIpc) is 3.32. The van der Waals surface area contributed by atoms with Gasteiger partial charge < -0.3 is 5.32 Å². The van der Waals surface area contributed by atoms with Crippen molar-refractivity contribution in [3.05, 3.63) is 82.5 Å². The van der Waals surface area contributed by atoms with Crippen LogP contribution in [0.4, 0.5) is 5.82 Å². The van der Waals surface area contributed by atoms with Gasteiger partial charge in [-0.05, 0) is 35.6 Å². The summed E-state index contributed by atoms with van der Waals surface area (Å²) in [6, 6.07) is 20.1. The van der Waals surface area contributed by atoms with E-state index in [1.54, 1.807) is 6.20 Å². The summed E-state index contributed by atoms with van der Waals surface area (Å²) in [5, 5.41) is 7.37. The van der Waals surface area contributed by atoms with E-state index >= 15 is 0 Å². The molecule has 2 aromatic carbocycles. The van der Waals surface area contributed by atoms with Crippen molar-refractivity contribution >= 4 is 27.7 Å². The van der Waals surface area contributed by atoms with Gasteiger partial charge in [-0.3, -0.25) is 4.79 Å². The third-order valence-corrected chi connectivity index (χ3v) is 5.04. The first-order valence-corrected chi connectivity index (χ1v) is 9.12. The lowest BCUT2D eigenvalue weighted by Gasteiger charge is -2.09. The predicted molar refractivity (Wildman–Crippen MR) is 101 cm³/mol. The summed E-state index contributed by atoms with van der Waals surface area (Å²) in [4.78, 5) is 12.6. The van der Waals surface area contributed by atoms with Gasteiger partial charge in [0.25, 0.3) is 0 Å². The fraction of sp³-hybridized carbons (Fsp3) is 0.200. The first kappa shape index (κ1) is 16.1. The van der Waals surface area contributed by atoms with Gasteiger partial charge in [0, 0.05) is 16.5 Å². The predicted octanol–water partition coefficient (Wildman–Crippen LogP) is 4.44. The molecule has 4 rings (SSSR count). The maximum Gasteiger partial charge on any atom is 0.229 e. The summed E-state index contributed by atoms with van der Waals surface area (Å²) in [5.74, 6) is 1.16. The fourth-order valence-corrected chi connectivity index (χ4v) is 3.55. The van der Waals surface area contributed by atoms with Crippen LogP contribution in [0.15, 0.2) is 71.3 Å². The van der Waals surface area contributed by atoms with E-state index in [4.69, 9.17) is 0 Å². The second kappa shape index (κ2) is 6.84. The van der Waals surface area contributed by atoms with Crippen LogP contribution in [0.25, 0.3) is 0 Å². The van der Waals surface area contributed by atoms with E-state index in [1.807, 2.05) is 41.1 Å². The molecule has 25 heavy (non-hydrogen) atoms. The third-order valence-electron chi connectivity index (χ3n) is 4.55. The number of benzene rings is 2. The first-order chi connectivity index (χ1) is 12.2. The topological polar surface area (TPSA) is 46.9 Å². The van der Waals surface area contributed by atoms with Gasteiger partial charge >= 0.3 is 0 Å². The number of nitrogens with zero attached hydrogens (tertiary/aromatic N) is 2. The molecule has 1 fully saturated rings. The lowest BCUT2D eigenvalue weighted by molar-refractivity contribution is -0.117. The van der Waals surface area contributed by atoms with Gasteiger partial charge in [-0.15, -0.1) is 0 Å². The van der Waals surface area contributed by atoms with Crippen molar-refractivity contribution in [1.29, 1.82) is 0 Å². The van der Waals surface area contributed by atoms with Gasteiger partial charge in [0.05, 0.1) is 12.7 Å². The number of anilines is 1. The molecule has 0 spiro atoms. The number of amides is 1. The summed E-state index contributed by atoms with van der Waals surface area (Å²) in [7, 11) is 0. The Hall–Kier alpha value is -2.40. The van der Waals surface area contributed by atoms with Crippen LogP contribution in [0.5, 0.6) is 0 Å². The van der Waals surface area contributed by atoms with Crippen molar-refractivity contribution < 1.29 is 4.79 Å². The van der Waals surface area contributed by atoms with Gasteiger partial charge in [-0.25, -0.2) is 4.68 Å². The molecular formula is C20H18BrN3O. The van der Waals surface area contributed by atoms with Crippen LogP contribution in [0.2, 0.25) is 0 Å². The Morgan fingerprint density at radius 1 is 1.16 bits per heavy atom. The Morgan fingerprint density at radius 3 is 2.80 bits per heavy atom. The number of carbonyl (C=O) groups excluding carboxylic acids is 1. The summed E-state index contributed by atoms with van der Waals surface area (Å²) in [5.41, 5.74) is 2.37. The molecule has 0 aliphatic heterocycles. The van der Waals surface area contributed by atoms with Crippen molar-refractivity contribution in [2.45, 2.75) is 18.9 Å². The molecule has 1 saturated carbocycles. The van der Waals surface area contributed by atoms with E-state index in [0.29, 0.717) is 12.5 Å². The highest BCUT2D eigenvalue weighted by Gasteiger charge is 2.44. The highest BCUT2D eigenvalue weighted by molar-refractivity contribution is 9.10. The molecule has 1 aliphatic carbocycles. The normalized spacial score (nSPS) is 18.8. The molecular weight excluding hydrogens is 378 g/mol. The molecule has 2 atom stereocenters. The Morgan fingerprint density at radius 2 is 2.00 bits per heavy atom. The van der Waals surface area contributed by atoms with Crippen LogP contribution in [-0.2, 0) is 11.3 Å². The number of aromatic nitrogens is 2. The minimum atomic E-state index is 0.0365. The molecule has 126 valence electrons. The number of halogens is 1. The maximum atomic E-state index is 12.6. The van der Waals surface area contributed by atoms with E-state index in [-0.39, 0.29) is 11.8 Å². The molecule has 1 aliphatic rings. The van der Waals surface area contributed by atoms with Gasteiger partial charge in [0.1, 0.15) is 5.82 Å². The average molecular weight is 396 g/mol. The molecule has 1 heterocycles. The van der Waals surface area contributed by atoms with Crippen molar-refractivity contribution in [1.82, 2.24) is 9.78 Å². The number of rotatable bonds is 5. The largest absolute Gasteiger partial charge is 0.311 e. The molecule has 4 nitrogen and oxygen atoms in total. The van der Waals surface area contributed by atoms with Gasteiger partial charge in [-0.1, -0.05) is 58.4 Å². The smallest absolute Gasteiger partial charge is 0.229 e. The molecule has 1 aromatic heterocycles. The highest BCUT2D eigenvalue weighted by Crippen LogP contribution is 2.48.